The first kappa shape index (κ1) is 19.9. The molecular formula is C18H29N3O3S. The first-order chi connectivity index (χ1) is 11.9. The summed E-state index contributed by atoms with van der Waals surface area (Å²) >= 11 is 0. The lowest BCUT2D eigenvalue weighted by Crippen LogP contribution is -2.38. The molecule has 1 aromatic rings. The van der Waals surface area contributed by atoms with Crippen molar-refractivity contribution >= 4 is 21.6 Å². The number of nitrogens with one attached hydrogen (secondary N) is 1. The van der Waals surface area contributed by atoms with Gasteiger partial charge < -0.3 is 10.2 Å². The molecule has 2 rings (SSSR count). The van der Waals surface area contributed by atoms with E-state index in [0.29, 0.717) is 5.69 Å². The Balaban J connectivity index is 1.77. The number of amides is 1. The van der Waals surface area contributed by atoms with Crippen LogP contribution in [0.4, 0.5) is 5.69 Å². The van der Waals surface area contributed by atoms with Crippen LogP contribution < -0.4 is 10.5 Å². The van der Waals surface area contributed by atoms with E-state index in [4.69, 9.17) is 5.14 Å². The van der Waals surface area contributed by atoms with E-state index in [-0.39, 0.29) is 16.7 Å². The molecule has 6 nitrogen and oxygen atoms in total. The fraction of sp³-hybridized carbons (Fsp3) is 0.611. The Morgan fingerprint density at radius 3 is 2.36 bits per heavy atom. The fourth-order valence-electron chi connectivity index (χ4n) is 3.15. The van der Waals surface area contributed by atoms with E-state index >= 15 is 0 Å². The zero-order chi connectivity index (χ0) is 18.3. The third-order valence-electron chi connectivity index (χ3n) is 4.74. The van der Waals surface area contributed by atoms with Gasteiger partial charge in [0, 0.05) is 11.6 Å². The predicted molar refractivity (Wildman–Crippen MR) is 99.8 cm³/mol. The van der Waals surface area contributed by atoms with Gasteiger partial charge >= 0.3 is 0 Å². The van der Waals surface area contributed by atoms with Gasteiger partial charge in [-0.15, -0.1) is 0 Å². The quantitative estimate of drug-likeness (QED) is 0.691. The minimum absolute atomic E-state index is 0.00832. The molecule has 140 valence electrons. The second-order valence-corrected chi connectivity index (χ2v) is 8.30. The third-order valence-corrected chi connectivity index (χ3v) is 5.67. The molecule has 1 aliphatic heterocycles. The SMILES string of the molecule is CCCCCCN1CCC(C(=O)Nc2ccc(S(N)(=O)=O)cc2)CC1. The summed E-state index contributed by atoms with van der Waals surface area (Å²) in [5.41, 5.74) is 0.597. The topological polar surface area (TPSA) is 92.5 Å². The molecule has 1 saturated heterocycles. The third kappa shape index (κ3) is 6.41. The Kier molecular flexibility index (Phi) is 7.40. The van der Waals surface area contributed by atoms with Crippen molar-refractivity contribution in [3.63, 3.8) is 0 Å². The number of likely N-dealkylation sites (tertiary alicyclic amines) is 1. The minimum atomic E-state index is -3.70. The van der Waals surface area contributed by atoms with Crippen LogP contribution in [0.2, 0.25) is 0 Å². The highest BCUT2D eigenvalue weighted by molar-refractivity contribution is 7.89. The number of sulfonamides is 1. The van der Waals surface area contributed by atoms with Gasteiger partial charge in [-0.05, 0) is 63.2 Å². The Bertz CT molecular complexity index is 651. The van der Waals surface area contributed by atoms with Gasteiger partial charge in [0.15, 0.2) is 0 Å². The van der Waals surface area contributed by atoms with Gasteiger partial charge in [-0.1, -0.05) is 26.2 Å². The van der Waals surface area contributed by atoms with Crippen LogP contribution in [0.5, 0.6) is 0 Å². The van der Waals surface area contributed by atoms with Crippen molar-refractivity contribution in [3.05, 3.63) is 24.3 Å². The number of piperidine rings is 1. The lowest BCUT2D eigenvalue weighted by atomic mass is 9.95. The number of carbonyl (C=O) groups is 1. The molecule has 0 aliphatic carbocycles. The average molecular weight is 368 g/mol. The van der Waals surface area contributed by atoms with E-state index in [1.54, 1.807) is 12.1 Å². The number of hydrogen-bond acceptors (Lipinski definition) is 4. The van der Waals surface area contributed by atoms with Crippen LogP contribution in [-0.2, 0) is 14.8 Å². The number of anilines is 1. The lowest BCUT2D eigenvalue weighted by molar-refractivity contribution is -0.121. The molecule has 0 saturated carbocycles. The zero-order valence-electron chi connectivity index (χ0n) is 14.9. The molecule has 0 aromatic heterocycles. The molecule has 1 aromatic carbocycles. The van der Waals surface area contributed by atoms with Crippen LogP contribution in [0.3, 0.4) is 0 Å². The van der Waals surface area contributed by atoms with Gasteiger partial charge in [-0.3, -0.25) is 4.79 Å². The zero-order valence-corrected chi connectivity index (χ0v) is 15.7. The Morgan fingerprint density at radius 2 is 1.80 bits per heavy atom. The van der Waals surface area contributed by atoms with E-state index in [1.807, 2.05) is 0 Å². The van der Waals surface area contributed by atoms with Crippen LogP contribution in [0.25, 0.3) is 0 Å². The summed E-state index contributed by atoms with van der Waals surface area (Å²) in [5.74, 6) is 0.0267. The summed E-state index contributed by atoms with van der Waals surface area (Å²) in [7, 11) is -3.70. The molecular weight excluding hydrogens is 338 g/mol. The maximum Gasteiger partial charge on any atom is 0.238 e. The highest BCUT2D eigenvalue weighted by atomic mass is 32.2. The van der Waals surface area contributed by atoms with E-state index in [2.05, 4.69) is 17.1 Å². The summed E-state index contributed by atoms with van der Waals surface area (Å²) < 4.78 is 22.5. The second-order valence-electron chi connectivity index (χ2n) is 6.74. The van der Waals surface area contributed by atoms with Gasteiger partial charge in [0.25, 0.3) is 0 Å². The van der Waals surface area contributed by atoms with Crippen LogP contribution >= 0.6 is 0 Å². The van der Waals surface area contributed by atoms with Crippen molar-refractivity contribution in [1.29, 1.82) is 0 Å². The maximum absolute atomic E-state index is 12.4. The Hall–Kier alpha value is -1.44. The summed E-state index contributed by atoms with van der Waals surface area (Å²) in [5, 5.41) is 7.94. The van der Waals surface area contributed by atoms with E-state index in [9.17, 15) is 13.2 Å². The molecule has 7 heteroatoms. The molecule has 1 aliphatic rings. The van der Waals surface area contributed by atoms with Crippen LogP contribution in [0, 0.1) is 5.92 Å². The maximum atomic E-state index is 12.4. The van der Waals surface area contributed by atoms with Gasteiger partial charge in [0.2, 0.25) is 15.9 Å². The average Bonchev–Trinajstić information content (AvgIpc) is 2.59. The summed E-state index contributed by atoms with van der Waals surface area (Å²) in [6.07, 6.45) is 6.81. The van der Waals surface area contributed by atoms with Crippen molar-refractivity contribution < 1.29 is 13.2 Å². The van der Waals surface area contributed by atoms with Gasteiger partial charge in [-0.2, -0.15) is 0 Å². The smallest absolute Gasteiger partial charge is 0.238 e. The molecule has 0 atom stereocenters. The molecule has 1 fully saturated rings. The summed E-state index contributed by atoms with van der Waals surface area (Å²) in [6, 6.07) is 5.95. The van der Waals surface area contributed by atoms with Gasteiger partial charge in [0.05, 0.1) is 4.90 Å². The normalized spacial score (nSPS) is 16.7. The van der Waals surface area contributed by atoms with Crippen molar-refractivity contribution in [2.45, 2.75) is 50.3 Å². The highest BCUT2D eigenvalue weighted by Crippen LogP contribution is 2.20. The van der Waals surface area contributed by atoms with Crippen LogP contribution in [0.15, 0.2) is 29.2 Å². The molecule has 0 spiro atoms. The first-order valence-electron chi connectivity index (χ1n) is 9.06. The summed E-state index contributed by atoms with van der Waals surface area (Å²) in [4.78, 5) is 14.9. The number of rotatable bonds is 8. The number of nitrogens with two attached hydrogens (primary N) is 1. The van der Waals surface area contributed by atoms with E-state index in [1.165, 1.54) is 37.8 Å². The number of nitrogens with zero attached hydrogens (tertiary/aromatic N) is 1. The molecule has 25 heavy (non-hydrogen) atoms. The van der Waals surface area contributed by atoms with Crippen LogP contribution in [0.1, 0.15) is 45.4 Å². The standard InChI is InChI=1S/C18H29N3O3S/c1-2-3-4-5-12-21-13-10-15(11-14-21)18(22)20-16-6-8-17(9-7-16)25(19,23)24/h6-9,15H,2-5,10-14H2,1H3,(H,20,22)(H2,19,23,24). The van der Waals surface area contributed by atoms with Crippen molar-refractivity contribution in [1.82, 2.24) is 4.90 Å². The second kappa shape index (κ2) is 9.31. The minimum Gasteiger partial charge on any atom is -0.326 e. The van der Waals surface area contributed by atoms with Crippen molar-refractivity contribution in [3.8, 4) is 0 Å². The molecule has 1 heterocycles. The predicted octanol–water partition coefficient (Wildman–Crippen LogP) is 2.56. The van der Waals surface area contributed by atoms with Crippen molar-refractivity contribution in [2.24, 2.45) is 11.1 Å². The van der Waals surface area contributed by atoms with Gasteiger partial charge in [0.1, 0.15) is 0 Å². The van der Waals surface area contributed by atoms with Crippen LogP contribution in [-0.4, -0.2) is 38.9 Å². The number of benzene rings is 1. The van der Waals surface area contributed by atoms with E-state index in [0.717, 1.165) is 32.5 Å². The number of carbonyl (C=O) groups excluding carboxylic acids is 1. The number of hydrogen-bond donors (Lipinski definition) is 2. The van der Waals surface area contributed by atoms with Gasteiger partial charge in [-0.25, -0.2) is 13.6 Å². The monoisotopic (exact) mass is 367 g/mol. The number of unbranched alkanes of at least 4 members (excludes halogenated alkanes) is 3. The Morgan fingerprint density at radius 1 is 1.16 bits per heavy atom. The summed E-state index contributed by atoms with van der Waals surface area (Å²) in [6.45, 7) is 5.28. The molecule has 0 radical (unpaired) electrons. The fourth-order valence-corrected chi connectivity index (χ4v) is 3.67. The Labute approximate surface area is 150 Å². The lowest BCUT2D eigenvalue weighted by Gasteiger charge is -2.31. The van der Waals surface area contributed by atoms with E-state index < -0.39 is 10.0 Å². The molecule has 3 N–H and O–H groups in total. The highest BCUT2D eigenvalue weighted by Gasteiger charge is 2.24. The first-order valence-corrected chi connectivity index (χ1v) is 10.6. The largest absolute Gasteiger partial charge is 0.326 e. The molecule has 0 bridgehead atoms. The number of primary sulfonamides is 1. The van der Waals surface area contributed by atoms with Crippen molar-refractivity contribution in [2.75, 3.05) is 25.0 Å². The molecule has 1 amide bonds. The molecule has 0 unspecified atom stereocenters.